The van der Waals surface area contributed by atoms with Crippen molar-refractivity contribution in [3.63, 3.8) is 0 Å². The molecule has 116 valence electrons. The van der Waals surface area contributed by atoms with Gasteiger partial charge in [0.1, 0.15) is 0 Å². The molecule has 1 aliphatic carbocycles. The number of hydrogen-bond acceptors (Lipinski definition) is 3. The van der Waals surface area contributed by atoms with Crippen molar-refractivity contribution in [3.8, 4) is 0 Å². The van der Waals surface area contributed by atoms with Crippen LogP contribution in [0.25, 0.3) is 0 Å². The van der Waals surface area contributed by atoms with Gasteiger partial charge in [-0.15, -0.1) is 0 Å². The first-order valence-electron chi connectivity index (χ1n) is 7.61. The molecule has 0 unspecified atom stereocenters. The van der Waals surface area contributed by atoms with Gasteiger partial charge in [0.25, 0.3) is 0 Å². The van der Waals surface area contributed by atoms with Crippen molar-refractivity contribution < 1.29 is 4.79 Å². The summed E-state index contributed by atoms with van der Waals surface area (Å²) < 4.78 is 1.08. The third-order valence-electron chi connectivity index (χ3n) is 3.65. The van der Waals surface area contributed by atoms with E-state index in [2.05, 4.69) is 50.5 Å². The Bertz CT molecular complexity index is 488. The molecule has 0 aliphatic heterocycles. The molecule has 0 spiro atoms. The molecule has 2 N–H and O–H groups in total. The monoisotopic (exact) mass is 353 g/mol. The first kappa shape index (κ1) is 16.3. The second-order valence-corrected chi connectivity index (χ2v) is 6.44. The number of rotatable bonds is 8. The van der Waals surface area contributed by atoms with E-state index in [0.717, 1.165) is 29.7 Å². The molecule has 0 aromatic heterocycles. The van der Waals surface area contributed by atoms with E-state index < -0.39 is 0 Å². The van der Waals surface area contributed by atoms with Crippen LogP contribution >= 0.6 is 15.9 Å². The highest BCUT2D eigenvalue weighted by Crippen LogP contribution is 2.26. The van der Waals surface area contributed by atoms with Gasteiger partial charge in [0.15, 0.2) is 0 Å². The summed E-state index contributed by atoms with van der Waals surface area (Å²) in [7, 11) is 1.68. The minimum atomic E-state index is 0.0486. The molecular weight excluding hydrogens is 330 g/mol. The maximum absolute atomic E-state index is 11.7. The number of carbonyl (C=O) groups excluding carboxylic acids is 1. The Morgan fingerprint density at radius 1 is 1.43 bits per heavy atom. The van der Waals surface area contributed by atoms with E-state index in [1.165, 1.54) is 18.4 Å². The summed E-state index contributed by atoms with van der Waals surface area (Å²) in [6.45, 7) is 4.28. The van der Waals surface area contributed by atoms with Crippen molar-refractivity contribution >= 4 is 27.5 Å². The van der Waals surface area contributed by atoms with Gasteiger partial charge in [0.05, 0.1) is 6.54 Å². The summed E-state index contributed by atoms with van der Waals surface area (Å²) in [6, 6.07) is 6.97. The number of anilines is 1. The highest BCUT2D eigenvalue weighted by Gasteiger charge is 2.21. The van der Waals surface area contributed by atoms with E-state index in [1.807, 2.05) is 6.07 Å². The molecule has 0 radical (unpaired) electrons. The summed E-state index contributed by atoms with van der Waals surface area (Å²) >= 11 is 3.55. The van der Waals surface area contributed by atoms with E-state index in [9.17, 15) is 4.79 Å². The summed E-state index contributed by atoms with van der Waals surface area (Å²) in [6.07, 6.45) is 3.57. The van der Waals surface area contributed by atoms with Crippen LogP contribution in [0.15, 0.2) is 22.7 Å². The number of nitrogens with zero attached hydrogens (tertiary/aromatic N) is 1. The lowest BCUT2D eigenvalue weighted by Gasteiger charge is -2.26. The zero-order chi connectivity index (χ0) is 15.2. The maximum Gasteiger partial charge on any atom is 0.239 e. The van der Waals surface area contributed by atoms with Gasteiger partial charge in [-0.05, 0) is 43.0 Å². The van der Waals surface area contributed by atoms with E-state index in [4.69, 9.17) is 0 Å². The third-order valence-corrected chi connectivity index (χ3v) is 4.14. The van der Waals surface area contributed by atoms with Crippen LogP contribution < -0.4 is 15.5 Å². The molecular formula is C16H24BrN3O. The molecule has 1 aromatic rings. The summed E-state index contributed by atoms with van der Waals surface area (Å²) in [5, 5.41) is 6.27. The fraction of sp³-hybridized carbons (Fsp3) is 0.562. The Morgan fingerprint density at radius 2 is 2.19 bits per heavy atom. The standard InChI is InChI=1S/C16H24BrN3O/c1-3-8-20(11-16(21)18-2)15-7-4-13(17)9-12(15)10-19-14-5-6-14/h4,7,9,14,19H,3,5-6,8,10-11H2,1-2H3,(H,18,21). The van der Waals surface area contributed by atoms with E-state index in [-0.39, 0.29) is 5.91 Å². The van der Waals surface area contributed by atoms with Crippen LogP contribution in [0, 0.1) is 0 Å². The van der Waals surface area contributed by atoms with Gasteiger partial charge in [-0.1, -0.05) is 22.9 Å². The minimum absolute atomic E-state index is 0.0486. The van der Waals surface area contributed by atoms with E-state index in [0.29, 0.717) is 12.6 Å². The fourth-order valence-corrected chi connectivity index (χ4v) is 2.76. The largest absolute Gasteiger partial charge is 0.362 e. The molecule has 0 atom stereocenters. The maximum atomic E-state index is 11.7. The zero-order valence-corrected chi connectivity index (χ0v) is 14.4. The Hall–Kier alpha value is -1.07. The second kappa shape index (κ2) is 7.80. The van der Waals surface area contributed by atoms with Gasteiger partial charge in [0, 0.05) is 36.3 Å². The van der Waals surface area contributed by atoms with Crippen LogP contribution in [-0.4, -0.2) is 32.1 Å². The average molecular weight is 354 g/mol. The molecule has 5 heteroatoms. The molecule has 1 amide bonds. The number of nitrogens with one attached hydrogen (secondary N) is 2. The van der Waals surface area contributed by atoms with Crippen molar-refractivity contribution in [2.75, 3.05) is 25.0 Å². The van der Waals surface area contributed by atoms with Crippen molar-refractivity contribution in [1.82, 2.24) is 10.6 Å². The van der Waals surface area contributed by atoms with E-state index >= 15 is 0 Å². The van der Waals surface area contributed by atoms with Gasteiger partial charge in [-0.2, -0.15) is 0 Å². The molecule has 0 saturated heterocycles. The molecule has 0 heterocycles. The molecule has 1 saturated carbocycles. The molecule has 21 heavy (non-hydrogen) atoms. The smallest absolute Gasteiger partial charge is 0.239 e. The van der Waals surface area contributed by atoms with Crippen LogP contribution in [0.5, 0.6) is 0 Å². The molecule has 2 rings (SSSR count). The Kier molecular flexibility index (Phi) is 6.06. The lowest BCUT2D eigenvalue weighted by molar-refractivity contribution is -0.119. The molecule has 0 bridgehead atoms. The molecule has 1 aromatic carbocycles. The summed E-state index contributed by atoms with van der Waals surface area (Å²) in [5.74, 6) is 0.0486. The molecule has 4 nitrogen and oxygen atoms in total. The second-order valence-electron chi connectivity index (χ2n) is 5.52. The Labute approximate surface area is 135 Å². The van der Waals surface area contributed by atoms with Crippen molar-refractivity contribution in [2.24, 2.45) is 0 Å². The average Bonchev–Trinajstić information content (AvgIpc) is 3.29. The van der Waals surface area contributed by atoms with Gasteiger partial charge < -0.3 is 15.5 Å². The lowest BCUT2D eigenvalue weighted by atomic mass is 10.1. The zero-order valence-electron chi connectivity index (χ0n) is 12.8. The summed E-state index contributed by atoms with van der Waals surface area (Å²) in [4.78, 5) is 13.9. The quantitative estimate of drug-likeness (QED) is 0.755. The highest BCUT2D eigenvalue weighted by molar-refractivity contribution is 9.10. The van der Waals surface area contributed by atoms with Crippen LogP contribution in [0.1, 0.15) is 31.7 Å². The normalized spacial score (nSPS) is 14.0. The number of benzene rings is 1. The Balaban J connectivity index is 2.17. The fourth-order valence-electron chi connectivity index (χ4n) is 2.35. The number of hydrogen-bond donors (Lipinski definition) is 2. The molecule has 1 fully saturated rings. The predicted octanol–water partition coefficient (Wildman–Crippen LogP) is 2.66. The van der Waals surface area contributed by atoms with Crippen molar-refractivity contribution in [3.05, 3.63) is 28.2 Å². The van der Waals surface area contributed by atoms with Crippen LogP contribution in [0.2, 0.25) is 0 Å². The number of amides is 1. The molecule has 1 aliphatic rings. The number of halogens is 1. The van der Waals surface area contributed by atoms with Crippen LogP contribution in [-0.2, 0) is 11.3 Å². The summed E-state index contributed by atoms with van der Waals surface area (Å²) in [5.41, 5.74) is 2.39. The topological polar surface area (TPSA) is 44.4 Å². The minimum Gasteiger partial charge on any atom is -0.362 e. The lowest BCUT2D eigenvalue weighted by Crippen LogP contribution is -2.37. The van der Waals surface area contributed by atoms with Gasteiger partial charge in [-0.3, -0.25) is 4.79 Å². The highest BCUT2D eigenvalue weighted by atomic mass is 79.9. The van der Waals surface area contributed by atoms with Crippen molar-refractivity contribution in [2.45, 2.75) is 38.8 Å². The van der Waals surface area contributed by atoms with Gasteiger partial charge >= 0.3 is 0 Å². The third kappa shape index (κ3) is 5.00. The predicted molar refractivity (Wildman–Crippen MR) is 90.6 cm³/mol. The number of carbonyl (C=O) groups is 1. The Morgan fingerprint density at radius 3 is 2.81 bits per heavy atom. The van der Waals surface area contributed by atoms with Gasteiger partial charge in [-0.25, -0.2) is 0 Å². The number of likely N-dealkylation sites (N-methyl/N-ethyl adjacent to an activating group) is 1. The van der Waals surface area contributed by atoms with Gasteiger partial charge in [0.2, 0.25) is 5.91 Å². The van der Waals surface area contributed by atoms with E-state index in [1.54, 1.807) is 7.05 Å². The van der Waals surface area contributed by atoms with Crippen LogP contribution in [0.4, 0.5) is 5.69 Å². The van der Waals surface area contributed by atoms with Crippen LogP contribution in [0.3, 0.4) is 0 Å². The van der Waals surface area contributed by atoms with Crippen molar-refractivity contribution in [1.29, 1.82) is 0 Å². The SMILES string of the molecule is CCCN(CC(=O)NC)c1ccc(Br)cc1CNC1CC1. The first-order valence-corrected chi connectivity index (χ1v) is 8.40. The first-order chi connectivity index (χ1) is 10.1.